The molecule has 0 aromatic rings. The van der Waals surface area contributed by atoms with Gasteiger partial charge in [-0.1, -0.05) is 32.1 Å². The fraction of sp³-hybridized carbons (Fsp3) is 1.00. The summed E-state index contributed by atoms with van der Waals surface area (Å²) >= 11 is 0. The summed E-state index contributed by atoms with van der Waals surface area (Å²) in [5.74, 6) is 0. The molecular weight excluding hydrogens is 162 g/mol. The first-order valence-corrected chi connectivity index (χ1v) is 5.67. The van der Waals surface area contributed by atoms with Crippen molar-refractivity contribution in [2.45, 2.75) is 63.3 Å². The van der Waals surface area contributed by atoms with E-state index in [9.17, 15) is 0 Å². The minimum Gasteiger partial charge on any atom is -0.396 e. The van der Waals surface area contributed by atoms with E-state index in [-0.39, 0.29) is 5.54 Å². The van der Waals surface area contributed by atoms with Crippen LogP contribution in [0.2, 0.25) is 0 Å². The molecule has 0 aromatic heterocycles. The maximum atomic E-state index is 8.64. The summed E-state index contributed by atoms with van der Waals surface area (Å²) in [5, 5.41) is 8.64. The summed E-state index contributed by atoms with van der Waals surface area (Å²) in [6.45, 7) is 0.331. The van der Waals surface area contributed by atoms with Gasteiger partial charge in [0.2, 0.25) is 0 Å². The molecule has 78 valence electrons. The standard InChI is InChI=1S/C11H23NO/c12-11(7-3-1-4-8-11)9-5-2-6-10-13/h13H,1-10,12H2. The molecule has 0 heterocycles. The van der Waals surface area contributed by atoms with Gasteiger partial charge in [0.25, 0.3) is 0 Å². The molecule has 0 radical (unpaired) electrons. The van der Waals surface area contributed by atoms with E-state index >= 15 is 0 Å². The molecule has 0 bridgehead atoms. The quantitative estimate of drug-likeness (QED) is 0.645. The fourth-order valence-electron chi connectivity index (χ4n) is 2.27. The molecular formula is C11H23NO. The molecule has 1 aliphatic rings. The predicted molar refractivity (Wildman–Crippen MR) is 55.6 cm³/mol. The van der Waals surface area contributed by atoms with Gasteiger partial charge in [0, 0.05) is 12.1 Å². The molecule has 0 unspecified atom stereocenters. The van der Waals surface area contributed by atoms with Crippen LogP contribution in [0.1, 0.15) is 57.8 Å². The lowest BCUT2D eigenvalue weighted by molar-refractivity contribution is 0.255. The van der Waals surface area contributed by atoms with Gasteiger partial charge < -0.3 is 10.8 Å². The zero-order chi connectivity index (χ0) is 9.57. The highest BCUT2D eigenvalue weighted by atomic mass is 16.2. The SMILES string of the molecule is NC1(CCCCCO)CCCCC1. The Morgan fingerprint density at radius 2 is 1.69 bits per heavy atom. The topological polar surface area (TPSA) is 46.2 Å². The van der Waals surface area contributed by atoms with Crippen LogP contribution in [-0.2, 0) is 0 Å². The predicted octanol–water partition coefficient (Wildman–Crippen LogP) is 2.20. The number of aliphatic hydroxyl groups is 1. The van der Waals surface area contributed by atoms with Crippen LogP contribution in [0.15, 0.2) is 0 Å². The van der Waals surface area contributed by atoms with Gasteiger partial charge in [-0.2, -0.15) is 0 Å². The Kier molecular flexibility index (Phi) is 4.74. The average molecular weight is 185 g/mol. The summed E-state index contributed by atoms with van der Waals surface area (Å²) in [6, 6.07) is 0. The van der Waals surface area contributed by atoms with Crippen molar-refractivity contribution in [2.24, 2.45) is 5.73 Å². The highest BCUT2D eigenvalue weighted by Gasteiger charge is 2.26. The second kappa shape index (κ2) is 5.61. The Labute approximate surface area is 81.5 Å². The molecule has 3 N–H and O–H groups in total. The van der Waals surface area contributed by atoms with Crippen molar-refractivity contribution in [3.05, 3.63) is 0 Å². The summed E-state index contributed by atoms with van der Waals surface area (Å²) < 4.78 is 0. The zero-order valence-electron chi connectivity index (χ0n) is 8.60. The van der Waals surface area contributed by atoms with Crippen LogP contribution in [0.3, 0.4) is 0 Å². The van der Waals surface area contributed by atoms with E-state index in [0.717, 1.165) is 19.3 Å². The molecule has 13 heavy (non-hydrogen) atoms. The molecule has 1 aliphatic carbocycles. The van der Waals surface area contributed by atoms with Crippen molar-refractivity contribution in [2.75, 3.05) is 6.61 Å². The molecule has 0 spiro atoms. The first-order chi connectivity index (χ1) is 6.27. The van der Waals surface area contributed by atoms with Crippen LogP contribution in [0.5, 0.6) is 0 Å². The van der Waals surface area contributed by atoms with E-state index in [4.69, 9.17) is 10.8 Å². The summed E-state index contributed by atoms with van der Waals surface area (Å²) in [6.07, 6.45) is 10.9. The largest absolute Gasteiger partial charge is 0.396 e. The minimum atomic E-state index is 0.147. The molecule has 0 aliphatic heterocycles. The Bertz CT molecular complexity index is 130. The number of aliphatic hydroxyl groups excluding tert-OH is 1. The lowest BCUT2D eigenvalue weighted by atomic mass is 9.79. The van der Waals surface area contributed by atoms with Gasteiger partial charge in [-0.15, -0.1) is 0 Å². The summed E-state index contributed by atoms with van der Waals surface area (Å²) in [5.41, 5.74) is 6.43. The summed E-state index contributed by atoms with van der Waals surface area (Å²) in [7, 11) is 0. The van der Waals surface area contributed by atoms with Crippen LogP contribution >= 0.6 is 0 Å². The van der Waals surface area contributed by atoms with Crippen molar-refractivity contribution in [3.63, 3.8) is 0 Å². The highest BCUT2D eigenvalue weighted by Crippen LogP contribution is 2.30. The van der Waals surface area contributed by atoms with Gasteiger partial charge in [0.05, 0.1) is 0 Å². The van der Waals surface area contributed by atoms with Crippen molar-refractivity contribution >= 4 is 0 Å². The van der Waals surface area contributed by atoms with Gasteiger partial charge in [-0.05, 0) is 25.7 Å². The van der Waals surface area contributed by atoms with Crippen LogP contribution < -0.4 is 5.73 Å². The van der Waals surface area contributed by atoms with Crippen molar-refractivity contribution in [3.8, 4) is 0 Å². The van der Waals surface area contributed by atoms with Gasteiger partial charge in [-0.25, -0.2) is 0 Å². The van der Waals surface area contributed by atoms with E-state index in [2.05, 4.69) is 0 Å². The second-order valence-electron chi connectivity index (χ2n) is 4.46. The van der Waals surface area contributed by atoms with Gasteiger partial charge in [-0.3, -0.25) is 0 Å². The molecule has 0 aromatic carbocycles. The normalized spacial score (nSPS) is 21.7. The van der Waals surface area contributed by atoms with Gasteiger partial charge in [0.1, 0.15) is 0 Å². The molecule has 0 amide bonds. The van der Waals surface area contributed by atoms with Crippen LogP contribution in [0.4, 0.5) is 0 Å². The summed E-state index contributed by atoms with van der Waals surface area (Å²) in [4.78, 5) is 0. The maximum Gasteiger partial charge on any atom is 0.0431 e. The number of unbranched alkanes of at least 4 members (excludes halogenated alkanes) is 2. The Morgan fingerprint density at radius 1 is 1.00 bits per heavy atom. The maximum absolute atomic E-state index is 8.64. The molecule has 2 nitrogen and oxygen atoms in total. The van der Waals surface area contributed by atoms with E-state index in [1.54, 1.807) is 0 Å². The minimum absolute atomic E-state index is 0.147. The van der Waals surface area contributed by atoms with Crippen molar-refractivity contribution in [1.29, 1.82) is 0 Å². The van der Waals surface area contributed by atoms with Crippen LogP contribution in [0.25, 0.3) is 0 Å². The van der Waals surface area contributed by atoms with Crippen molar-refractivity contribution < 1.29 is 5.11 Å². The number of hydrogen-bond acceptors (Lipinski definition) is 2. The number of rotatable bonds is 5. The smallest absolute Gasteiger partial charge is 0.0431 e. The second-order valence-corrected chi connectivity index (χ2v) is 4.46. The number of hydrogen-bond donors (Lipinski definition) is 2. The fourth-order valence-corrected chi connectivity index (χ4v) is 2.27. The third kappa shape index (κ3) is 4.10. The van der Waals surface area contributed by atoms with Crippen molar-refractivity contribution in [1.82, 2.24) is 0 Å². The lowest BCUT2D eigenvalue weighted by Gasteiger charge is -2.33. The third-order valence-electron chi connectivity index (χ3n) is 3.18. The van der Waals surface area contributed by atoms with Gasteiger partial charge in [0.15, 0.2) is 0 Å². The highest BCUT2D eigenvalue weighted by molar-refractivity contribution is 4.86. The van der Waals surface area contributed by atoms with E-state index < -0.39 is 0 Å². The lowest BCUT2D eigenvalue weighted by Crippen LogP contribution is -2.41. The Hall–Kier alpha value is -0.0800. The van der Waals surface area contributed by atoms with E-state index in [0.29, 0.717) is 6.61 Å². The first kappa shape index (κ1) is 11.0. The molecule has 0 atom stereocenters. The van der Waals surface area contributed by atoms with E-state index in [1.807, 2.05) is 0 Å². The van der Waals surface area contributed by atoms with Crippen LogP contribution in [0, 0.1) is 0 Å². The molecule has 1 saturated carbocycles. The number of nitrogens with two attached hydrogens (primary N) is 1. The van der Waals surface area contributed by atoms with Crippen LogP contribution in [-0.4, -0.2) is 17.3 Å². The van der Waals surface area contributed by atoms with Gasteiger partial charge >= 0.3 is 0 Å². The Morgan fingerprint density at radius 3 is 2.31 bits per heavy atom. The van der Waals surface area contributed by atoms with E-state index in [1.165, 1.54) is 38.5 Å². The monoisotopic (exact) mass is 185 g/mol. The molecule has 1 fully saturated rings. The third-order valence-corrected chi connectivity index (χ3v) is 3.18. The molecule has 1 rings (SSSR count). The molecule has 0 saturated heterocycles. The Balaban J connectivity index is 2.10. The average Bonchev–Trinajstić information content (AvgIpc) is 2.14. The molecule has 2 heteroatoms. The zero-order valence-corrected chi connectivity index (χ0v) is 8.60. The first-order valence-electron chi connectivity index (χ1n) is 5.67.